The van der Waals surface area contributed by atoms with Crippen LogP contribution in [0.15, 0.2) is 21.2 Å². The Morgan fingerprint density at radius 1 is 0.950 bits per heavy atom. The van der Waals surface area contributed by atoms with Gasteiger partial charge in [-0.1, -0.05) is 10.3 Å². The molecule has 12 nitrogen and oxygen atoms in total. The van der Waals surface area contributed by atoms with Crippen molar-refractivity contribution < 1.29 is 28.9 Å². The maximum atomic E-state index is 10.0. The van der Waals surface area contributed by atoms with E-state index in [1.54, 1.807) is 0 Å². The molecule has 0 saturated carbocycles. The molecule has 20 heavy (non-hydrogen) atoms. The summed E-state index contributed by atoms with van der Waals surface area (Å²) in [5, 5.41) is 25.3. The third-order valence-electron chi connectivity index (χ3n) is 2.00. The summed E-state index contributed by atoms with van der Waals surface area (Å²) in [5.41, 5.74) is 0.478. The smallest absolute Gasteiger partial charge is 0.294 e. The Labute approximate surface area is 109 Å². The van der Waals surface area contributed by atoms with Crippen LogP contribution in [0.4, 0.5) is 0 Å². The van der Waals surface area contributed by atoms with E-state index in [4.69, 9.17) is 9.05 Å². The zero-order valence-corrected chi connectivity index (χ0v) is 9.62. The maximum absolute atomic E-state index is 10.0. The predicted octanol–water partition coefficient (Wildman–Crippen LogP) is 0.746. The lowest BCUT2D eigenvalue weighted by atomic mass is 10.3. The largest absolute Gasteiger partial charge is 0.359 e. The van der Waals surface area contributed by atoms with E-state index in [0.29, 0.717) is 0 Å². The van der Waals surface area contributed by atoms with Gasteiger partial charge in [0.1, 0.15) is 11.4 Å². The Morgan fingerprint density at radius 2 is 1.35 bits per heavy atom. The first kappa shape index (κ1) is 13.3. The van der Waals surface area contributed by atoms with Crippen molar-refractivity contribution in [2.45, 2.75) is 13.2 Å². The summed E-state index contributed by atoms with van der Waals surface area (Å²) < 4.78 is 9.55. The van der Waals surface area contributed by atoms with E-state index in [1.165, 1.54) is 12.1 Å². The van der Waals surface area contributed by atoms with Gasteiger partial charge in [-0.05, 0) is 0 Å². The number of hydrogen-bond acceptors (Lipinski definition) is 10. The van der Waals surface area contributed by atoms with Gasteiger partial charge in [0.25, 0.3) is 10.2 Å². The molecule has 0 aliphatic rings. The Bertz CT molecular complexity index is 565. The average Bonchev–Trinajstić information content (AvgIpc) is 3.02. The number of nitrogens with zero attached hydrogens (tertiary/aromatic N) is 4. The van der Waals surface area contributed by atoms with E-state index >= 15 is 0 Å². The third kappa shape index (κ3) is 3.41. The topological polar surface area (TPSA) is 157 Å². The van der Waals surface area contributed by atoms with Gasteiger partial charge in [0.15, 0.2) is 24.7 Å². The van der Waals surface area contributed by atoms with E-state index in [0.717, 1.165) is 0 Å². The fourth-order valence-electron chi connectivity index (χ4n) is 1.24. The van der Waals surface area contributed by atoms with Gasteiger partial charge in [-0.25, -0.2) is 0 Å². The highest BCUT2D eigenvalue weighted by atomic mass is 17.0. The Morgan fingerprint density at radius 3 is 1.70 bits per heavy atom. The Kier molecular flexibility index (Phi) is 3.74. The predicted molar refractivity (Wildman–Crippen MR) is 55.6 cm³/mol. The van der Waals surface area contributed by atoms with Gasteiger partial charge < -0.3 is 18.7 Å². The van der Waals surface area contributed by atoms with Crippen molar-refractivity contribution in [2.24, 2.45) is 0 Å². The van der Waals surface area contributed by atoms with Crippen LogP contribution in [0.3, 0.4) is 0 Å². The second-order valence-corrected chi connectivity index (χ2v) is 3.35. The molecule has 12 heteroatoms. The summed E-state index contributed by atoms with van der Waals surface area (Å²) >= 11 is 0. The average molecular weight is 286 g/mol. The molecule has 2 rings (SSSR count). The zero-order chi connectivity index (χ0) is 14.5. The highest BCUT2D eigenvalue weighted by Crippen LogP contribution is 2.19. The maximum Gasteiger partial charge on any atom is 0.294 e. The molecule has 0 unspecified atom stereocenters. The third-order valence-corrected chi connectivity index (χ3v) is 2.00. The van der Waals surface area contributed by atoms with Gasteiger partial charge in [-0.3, -0.25) is 0 Å². The lowest BCUT2D eigenvalue weighted by molar-refractivity contribution is -0.763. The molecule has 0 radical (unpaired) electrons. The van der Waals surface area contributed by atoms with Crippen LogP contribution in [0, 0.1) is 20.2 Å². The van der Waals surface area contributed by atoms with E-state index in [2.05, 4.69) is 20.0 Å². The number of rotatable bonds is 7. The van der Waals surface area contributed by atoms with Gasteiger partial charge in [-0.15, -0.1) is 20.2 Å². The molecule has 0 aliphatic carbocycles. The first-order valence-corrected chi connectivity index (χ1v) is 5.01. The summed E-state index contributed by atoms with van der Waals surface area (Å²) in [4.78, 5) is 28.2. The fourth-order valence-corrected chi connectivity index (χ4v) is 1.24. The van der Waals surface area contributed by atoms with Crippen LogP contribution < -0.4 is 0 Å². The van der Waals surface area contributed by atoms with Crippen molar-refractivity contribution >= 4 is 0 Å². The van der Waals surface area contributed by atoms with E-state index in [1.807, 2.05) is 0 Å². The first-order valence-electron chi connectivity index (χ1n) is 5.01. The molecule has 0 N–H and O–H groups in total. The lowest BCUT2D eigenvalue weighted by Crippen LogP contribution is -1.99. The number of aromatic nitrogens is 2. The van der Waals surface area contributed by atoms with Gasteiger partial charge in [0.2, 0.25) is 0 Å². The monoisotopic (exact) mass is 286 g/mol. The van der Waals surface area contributed by atoms with Crippen molar-refractivity contribution in [3.63, 3.8) is 0 Å². The van der Waals surface area contributed by atoms with Crippen LogP contribution in [-0.4, -0.2) is 20.5 Å². The zero-order valence-electron chi connectivity index (χ0n) is 9.62. The van der Waals surface area contributed by atoms with Crippen LogP contribution in [0.2, 0.25) is 0 Å². The van der Waals surface area contributed by atoms with Crippen LogP contribution in [0.25, 0.3) is 11.4 Å². The fraction of sp³-hybridized carbons (Fsp3) is 0.250. The standard InChI is InChI=1S/C8H6N4O8/c13-11(14)17-3-5-1-7(9-19-5)8-2-6(20-10-8)4-18-12(15)16/h1-2H,3-4H2. The molecule has 0 atom stereocenters. The Hall–Kier alpha value is -3.18. The molecule has 2 aromatic rings. The molecular formula is C8H6N4O8. The molecule has 0 amide bonds. The van der Waals surface area contributed by atoms with E-state index in [9.17, 15) is 20.2 Å². The molecule has 0 aliphatic heterocycles. The SMILES string of the molecule is O=[N+]([O-])OCc1cc(-c2cc(CO[N+](=O)[O-])on2)no1. The van der Waals surface area contributed by atoms with Crippen molar-refractivity contribution in [3.8, 4) is 11.4 Å². The van der Waals surface area contributed by atoms with Crippen LogP contribution in [0.5, 0.6) is 0 Å². The van der Waals surface area contributed by atoms with Crippen molar-refractivity contribution in [3.05, 3.63) is 43.9 Å². The summed E-state index contributed by atoms with van der Waals surface area (Å²) in [6.07, 6.45) is 0. The van der Waals surface area contributed by atoms with Gasteiger partial charge in [0, 0.05) is 12.1 Å². The molecule has 2 heterocycles. The molecule has 106 valence electrons. The molecule has 0 bridgehead atoms. The lowest BCUT2D eigenvalue weighted by Gasteiger charge is -1.90. The molecule has 0 spiro atoms. The second kappa shape index (κ2) is 5.64. The van der Waals surface area contributed by atoms with Crippen LogP contribution in [-0.2, 0) is 22.9 Å². The summed E-state index contributed by atoms with van der Waals surface area (Å²) in [6.45, 7) is -0.787. The van der Waals surface area contributed by atoms with Gasteiger partial charge in [0.05, 0.1) is 0 Å². The normalized spacial score (nSPS) is 10.2. The van der Waals surface area contributed by atoms with Gasteiger partial charge in [-0.2, -0.15) is 0 Å². The van der Waals surface area contributed by atoms with Crippen LogP contribution >= 0.6 is 0 Å². The molecule has 0 aromatic carbocycles. The summed E-state index contributed by atoms with van der Waals surface area (Å²) in [7, 11) is 0. The van der Waals surface area contributed by atoms with Crippen LogP contribution in [0.1, 0.15) is 11.5 Å². The highest BCUT2D eigenvalue weighted by Gasteiger charge is 2.13. The van der Waals surface area contributed by atoms with Gasteiger partial charge >= 0.3 is 0 Å². The minimum atomic E-state index is -0.967. The quantitative estimate of drug-likeness (QED) is 0.525. The van der Waals surface area contributed by atoms with Crippen molar-refractivity contribution in [1.29, 1.82) is 0 Å². The summed E-state index contributed by atoms with van der Waals surface area (Å²) in [5.74, 6) is 0.227. The minimum absolute atomic E-state index is 0.114. The van der Waals surface area contributed by atoms with E-state index in [-0.39, 0.29) is 22.9 Å². The van der Waals surface area contributed by atoms with Crippen molar-refractivity contribution in [2.75, 3.05) is 0 Å². The highest BCUT2D eigenvalue weighted by molar-refractivity contribution is 5.53. The van der Waals surface area contributed by atoms with E-state index < -0.39 is 23.4 Å². The first-order chi connectivity index (χ1) is 9.54. The summed E-state index contributed by atoms with van der Waals surface area (Å²) in [6, 6.07) is 2.72. The molecule has 0 saturated heterocycles. The minimum Gasteiger partial charge on any atom is -0.359 e. The number of hydrogen-bond donors (Lipinski definition) is 0. The second-order valence-electron chi connectivity index (χ2n) is 3.35. The van der Waals surface area contributed by atoms with Crippen molar-refractivity contribution in [1.82, 2.24) is 10.3 Å². The Balaban J connectivity index is 2.01. The molecule has 0 fully saturated rings. The molecule has 2 aromatic heterocycles. The molecular weight excluding hydrogens is 280 g/mol.